The zero-order chi connectivity index (χ0) is 26.4. The first-order valence-corrected chi connectivity index (χ1v) is 14.1. The molecule has 192 valence electrons. The molecule has 4 aliphatic rings. The Balaban J connectivity index is 1.62. The van der Waals surface area contributed by atoms with Gasteiger partial charge in [-0.3, -0.25) is 29.0 Å². The second-order valence-electron chi connectivity index (χ2n) is 10.1. The number of rotatable bonds is 3. The predicted molar refractivity (Wildman–Crippen MR) is 141 cm³/mol. The molecule has 2 heterocycles. The van der Waals surface area contributed by atoms with E-state index in [0.29, 0.717) is 22.9 Å². The number of phenols is 1. The van der Waals surface area contributed by atoms with E-state index in [4.69, 9.17) is 23.2 Å². The number of likely N-dealkylation sites (tertiary alicyclic amines) is 2. The molecular weight excluding hydrogens is 583 g/mol. The van der Waals surface area contributed by atoms with Crippen LogP contribution >= 0.6 is 39.1 Å². The second kappa shape index (κ2) is 8.29. The molecular formula is C27H23BrCl2N2O5. The van der Waals surface area contributed by atoms with Gasteiger partial charge in [-0.15, -0.1) is 23.2 Å². The van der Waals surface area contributed by atoms with Crippen LogP contribution in [0.4, 0.5) is 0 Å². The quantitative estimate of drug-likeness (QED) is 0.244. The number of nitrogens with zero attached hydrogens (tertiary/aromatic N) is 2. The molecule has 2 aromatic carbocycles. The molecule has 37 heavy (non-hydrogen) atoms. The summed E-state index contributed by atoms with van der Waals surface area (Å²) in [7, 11) is 0. The summed E-state index contributed by atoms with van der Waals surface area (Å²) in [5.41, 5.74) is 0.922. The van der Waals surface area contributed by atoms with E-state index in [1.807, 2.05) is 24.3 Å². The number of hydrogen-bond acceptors (Lipinski definition) is 5. The molecule has 7 nitrogen and oxygen atoms in total. The zero-order valence-electron chi connectivity index (χ0n) is 19.8. The number of carbonyl (C=O) groups is 4. The molecule has 4 amide bonds. The van der Waals surface area contributed by atoms with Crippen LogP contribution in [-0.2, 0) is 19.2 Å². The number of alkyl halides is 3. The van der Waals surface area contributed by atoms with Gasteiger partial charge in [0, 0.05) is 23.4 Å². The lowest BCUT2D eigenvalue weighted by Gasteiger charge is -2.50. The van der Waals surface area contributed by atoms with Gasteiger partial charge in [-0.25, -0.2) is 0 Å². The van der Waals surface area contributed by atoms with Gasteiger partial charge in [-0.05, 0) is 31.1 Å². The lowest BCUT2D eigenvalue weighted by molar-refractivity contribution is -0.141. The summed E-state index contributed by atoms with van der Waals surface area (Å²) < 4.78 is 0. The molecule has 6 rings (SSSR count). The van der Waals surface area contributed by atoms with Crippen LogP contribution in [0.3, 0.4) is 0 Å². The fraction of sp³-hybridized carbons (Fsp3) is 0.407. The van der Waals surface area contributed by atoms with Crippen LogP contribution in [0, 0.1) is 17.8 Å². The number of phenolic OH excluding ortho intramolecular Hbond substituents is 1. The first-order chi connectivity index (χ1) is 17.6. The molecule has 3 fully saturated rings. The van der Waals surface area contributed by atoms with Crippen molar-refractivity contribution >= 4 is 73.5 Å². The van der Waals surface area contributed by atoms with Crippen molar-refractivity contribution < 1.29 is 24.3 Å². The van der Waals surface area contributed by atoms with Gasteiger partial charge in [-0.1, -0.05) is 64.0 Å². The van der Waals surface area contributed by atoms with Gasteiger partial charge < -0.3 is 5.11 Å². The first-order valence-electron chi connectivity index (χ1n) is 12.2. The van der Waals surface area contributed by atoms with E-state index in [1.165, 1.54) is 4.90 Å². The third-order valence-electron chi connectivity index (χ3n) is 8.67. The standard InChI is InChI=1S/C27H23BrCl2N2O5/c1-2-31-22(34)16-10-9-15-18(19(16)23(31)35)11-26(29)24(36)32(12-28)25(37)27(26,30)20(15)17-8-7-13-5-3-4-6-14(13)21(17)33/h3-9,16,18-20,33H,2,10-12H2,1H3/t16-,18+,19-,20+,26+,27-/m0/s1. The number of carbonyl (C=O) groups excluding carboxylic acids is 4. The summed E-state index contributed by atoms with van der Waals surface area (Å²) in [4.78, 5) is 52.3. The summed E-state index contributed by atoms with van der Waals surface area (Å²) in [6.45, 7) is 2.00. The monoisotopic (exact) mass is 604 g/mol. The Kier molecular flexibility index (Phi) is 5.58. The molecule has 0 spiro atoms. The maximum atomic E-state index is 13.8. The Morgan fingerprint density at radius 3 is 2.43 bits per heavy atom. The van der Waals surface area contributed by atoms with E-state index in [2.05, 4.69) is 15.9 Å². The number of aromatic hydroxyl groups is 1. The molecule has 0 radical (unpaired) electrons. The Morgan fingerprint density at radius 1 is 1.00 bits per heavy atom. The number of hydrogen-bond donors (Lipinski definition) is 1. The number of benzene rings is 2. The average Bonchev–Trinajstić information content (AvgIpc) is 3.22. The summed E-state index contributed by atoms with van der Waals surface area (Å²) in [6, 6.07) is 10.8. The molecule has 0 unspecified atom stereocenters. The minimum atomic E-state index is -1.94. The Bertz CT molecular complexity index is 1450. The van der Waals surface area contributed by atoms with E-state index >= 15 is 0 Å². The smallest absolute Gasteiger partial charge is 0.254 e. The number of amides is 4. The maximum Gasteiger partial charge on any atom is 0.254 e. The third-order valence-corrected chi connectivity index (χ3v) is 10.6. The highest BCUT2D eigenvalue weighted by Crippen LogP contribution is 2.66. The molecule has 2 aliphatic heterocycles. The average molecular weight is 606 g/mol. The topological polar surface area (TPSA) is 95.0 Å². The SMILES string of the molecule is CCN1C(=O)[C@H]2[C@H](CC=C3[C@H]2C[C@@]2(Cl)C(=O)N(CBr)C(=O)[C@@]2(Cl)[C@H]3c2ccc3ccccc3c2O)C1=O. The fourth-order valence-corrected chi connectivity index (χ4v) is 8.40. The van der Waals surface area contributed by atoms with E-state index < -0.39 is 45.2 Å². The van der Waals surface area contributed by atoms with Gasteiger partial charge >= 0.3 is 0 Å². The Hall–Kier alpha value is -2.42. The molecule has 2 aliphatic carbocycles. The van der Waals surface area contributed by atoms with Crippen molar-refractivity contribution in [2.24, 2.45) is 17.8 Å². The van der Waals surface area contributed by atoms with Crippen LogP contribution < -0.4 is 0 Å². The molecule has 6 atom stereocenters. The number of fused-ring (bicyclic) bond motifs is 5. The largest absolute Gasteiger partial charge is 0.507 e. The number of imide groups is 2. The lowest BCUT2D eigenvalue weighted by atomic mass is 9.56. The fourth-order valence-electron chi connectivity index (χ4n) is 6.98. The van der Waals surface area contributed by atoms with Gasteiger partial charge in [0.15, 0.2) is 9.75 Å². The highest BCUT2D eigenvalue weighted by Gasteiger charge is 2.76. The van der Waals surface area contributed by atoms with Crippen LogP contribution in [0.1, 0.15) is 31.2 Å². The molecule has 0 bridgehead atoms. The van der Waals surface area contributed by atoms with Crippen molar-refractivity contribution in [1.29, 1.82) is 0 Å². The van der Waals surface area contributed by atoms with Crippen molar-refractivity contribution in [2.75, 3.05) is 12.0 Å². The van der Waals surface area contributed by atoms with Gasteiger partial charge in [0.25, 0.3) is 11.8 Å². The number of allylic oxidation sites excluding steroid dienone is 2. The molecule has 0 aromatic heterocycles. The molecule has 2 saturated heterocycles. The predicted octanol–water partition coefficient (Wildman–Crippen LogP) is 4.28. The van der Waals surface area contributed by atoms with E-state index in [0.717, 1.165) is 10.3 Å². The first kappa shape index (κ1) is 24.9. The molecule has 2 aromatic rings. The van der Waals surface area contributed by atoms with Crippen molar-refractivity contribution in [1.82, 2.24) is 9.80 Å². The van der Waals surface area contributed by atoms with E-state index in [1.54, 1.807) is 25.1 Å². The zero-order valence-corrected chi connectivity index (χ0v) is 22.9. The van der Waals surface area contributed by atoms with Gasteiger partial charge in [0.1, 0.15) is 5.75 Å². The van der Waals surface area contributed by atoms with Crippen LogP contribution in [-0.4, -0.2) is 60.3 Å². The van der Waals surface area contributed by atoms with Crippen molar-refractivity contribution in [3.63, 3.8) is 0 Å². The Morgan fingerprint density at radius 2 is 1.73 bits per heavy atom. The summed E-state index contributed by atoms with van der Waals surface area (Å²) in [5.74, 6) is -4.77. The minimum absolute atomic E-state index is 0.0626. The second-order valence-corrected chi connectivity index (χ2v) is 11.9. The van der Waals surface area contributed by atoms with Crippen LogP contribution in [0.15, 0.2) is 48.0 Å². The highest BCUT2D eigenvalue weighted by atomic mass is 79.9. The number of halogens is 3. The molecule has 1 saturated carbocycles. The Labute approximate surface area is 231 Å². The third kappa shape index (κ3) is 2.95. The van der Waals surface area contributed by atoms with Crippen molar-refractivity contribution in [2.45, 2.75) is 35.4 Å². The molecule has 10 heteroatoms. The summed E-state index contributed by atoms with van der Waals surface area (Å²) >= 11 is 17.6. The van der Waals surface area contributed by atoms with Gasteiger partial charge in [0.05, 0.1) is 17.3 Å². The van der Waals surface area contributed by atoms with Crippen LogP contribution in [0.25, 0.3) is 10.8 Å². The summed E-state index contributed by atoms with van der Waals surface area (Å²) in [5, 5.41) is 12.8. The van der Waals surface area contributed by atoms with Gasteiger partial charge in [0.2, 0.25) is 11.8 Å². The molecule has 1 N–H and O–H groups in total. The lowest BCUT2D eigenvalue weighted by Crippen LogP contribution is -2.60. The summed E-state index contributed by atoms with van der Waals surface area (Å²) in [6.07, 6.45) is 2.10. The highest BCUT2D eigenvalue weighted by molar-refractivity contribution is 9.09. The van der Waals surface area contributed by atoms with E-state index in [9.17, 15) is 24.3 Å². The van der Waals surface area contributed by atoms with Gasteiger partial charge in [-0.2, -0.15) is 0 Å². The van der Waals surface area contributed by atoms with Crippen LogP contribution in [0.2, 0.25) is 0 Å². The van der Waals surface area contributed by atoms with Crippen LogP contribution in [0.5, 0.6) is 5.75 Å². The van der Waals surface area contributed by atoms with Crippen molar-refractivity contribution in [3.8, 4) is 5.75 Å². The normalized spacial score (nSPS) is 35.1. The van der Waals surface area contributed by atoms with E-state index in [-0.39, 0.29) is 36.0 Å². The minimum Gasteiger partial charge on any atom is -0.507 e. The maximum absolute atomic E-state index is 13.8. The van der Waals surface area contributed by atoms with Crippen molar-refractivity contribution in [3.05, 3.63) is 53.6 Å².